The van der Waals surface area contributed by atoms with Gasteiger partial charge in [-0.15, -0.1) is 0 Å². The summed E-state index contributed by atoms with van der Waals surface area (Å²) in [6.07, 6.45) is 2.71. The van der Waals surface area contributed by atoms with E-state index in [0.717, 1.165) is 11.8 Å². The molecule has 0 spiro atoms. The molecule has 1 aliphatic heterocycles. The molecule has 0 aromatic carbocycles. The van der Waals surface area contributed by atoms with E-state index in [1.807, 2.05) is 0 Å². The van der Waals surface area contributed by atoms with Crippen molar-refractivity contribution < 1.29 is 0 Å². The topological polar surface area (TPSA) is 12.0 Å². The molecule has 0 amide bonds. The van der Waals surface area contributed by atoms with Crippen molar-refractivity contribution in [2.75, 3.05) is 0 Å². The van der Waals surface area contributed by atoms with Crippen LogP contribution in [0, 0.1) is 11.8 Å². The van der Waals surface area contributed by atoms with Crippen molar-refractivity contribution in [2.45, 2.75) is 59.0 Å². The molecular formula is C11H23N. The lowest BCUT2D eigenvalue weighted by Gasteiger charge is -2.44. The molecule has 12 heavy (non-hydrogen) atoms. The Morgan fingerprint density at radius 3 is 2.33 bits per heavy atom. The molecule has 1 aliphatic rings. The van der Waals surface area contributed by atoms with Crippen LogP contribution in [0.4, 0.5) is 0 Å². The first-order valence-corrected chi connectivity index (χ1v) is 5.23. The Hall–Kier alpha value is -0.0400. The van der Waals surface area contributed by atoms with Crippen LogP contribution >= 0.6 is 0 Å². The average molecular weight is 169 g/mol. The molecule has 0 bridgehead atoms. The Morgan fingerprint density at radius 1 is 1.33 bits per heavy atom. The SMILES string of the molecule is CC1CCC(C)(C(C)C)NC1C. The van der Waals surface area contributed by atoms with E-state index in [-0.39, 0.29) is 0 Å². The number of nitrogens with one attached hydrogen (secondary N) is 1. The van der Waals surface area contributed by atoms with Gasteiger partial charge in [0, 0.05) is 11.6 Å². The quantitative estimate of drug-likeness (QED) is 0.636. The first-order valence-electron chi connectivity index (χ1n) is 5.23. The van der Waals surface area contributed by atoms with Gasteiger partial charge in [0.05, 0.1) is 0 Å². The third-order valence-corrected chi connectivity index (χ3v) is 3.80. The van der Waals surface area contributed by atoms with Crippen molar-refractivity contribution in [2.24, 2.45) is 11.8 Å². The van der Waals surface area contributed by atoms with Gasteiger partial charge in [-0.1, -0.05) is 20.8 Å². The van der Waals surface area contributed by atoms with E-state index in [2.05, 4.69) is 39.9 Å². The second kappa shape index (κ2) is 3.37. The van der Waals surface area contributed by atoms with Crippen molar-refractivity contribution >= 4 is 0 Å². The van der Waals surface area contributed by atoms with Gasteiger partial charge in [0.2, 0.25) is 0 Å². The van der Waals surface area contributed by atoms with Crippen molar-refractivity contribution in [1.29, 1.82) is 0 Å². The molecule has 3 unspecified atom stereocenters. The van der Waals surface area contributed by atoms with E-state index in [1.54, 1.807) is 0 Å². The first kappa shape index (κ1) is 10.0. The van der Waals surface area contributed by atoms with Gasteiger partial charge in [-0.25, -0.2) is 0 Å². The minimum absolute atomic E-state index is 0.381. The van der Waals surface area contributed by atoms with Crippen molar-refractivity contribution in [3.63, 3.8) is 0 Å². The zero-order valence-electron chi connectivity index (χ0n) is 9.15. The van der Waals surface area contributed by atoms with Gasteiger partial charge in [0.25, 0.3) is 0 Å². The molecule has 0 aliphatic carbocycles. The Kier molecular flexibility index (Phi) is 2.82. The van der Waals surface area contributed by atoms with Crippen molar-refractivity contribution in [3.05, 3.63) is 0 Å². The van der Waals surface area contributed by atoms with Gasteiger partial charge in [0.1, 0.15) is 0 Å². The first-order chi connectivity index (χ1) is 5.46. The van der Waals surface area contributed by atoms with Crippen molar-refractivity contribution in [3.8, 4) is 0 Å². The van der Waals surface area contributed by atoms with Gasteiger partial charge in [-0.2, -0.15) is 0 Å². The highest BCUT2D eigenvalue weighted by molar-refractivity contribution is 4.94. The standard InChI is InChI=1S/C11H23N/c1-8(2)11(5)7-6-9(3)10(4)12-11/h8-10,12H,6-7H2,1-5H3. The lowest BCUT2D eigenvalue weighted by Crippen LogP contribution is -2.56. The van der Waals surface area contributed by atoms with Crippen LogP contribution in [0.5, 0.6) is 0 Å². The highest BCUT2D eigenvalue weighted by atomic mass is 15.0. The third kappa shape index (κ3) is 1.82. The maximum Gasteiger partial charge on any atom is 0.0178 e. The summed E-state index contributed by atoms with van der Waals surface area (Å²) in [6.45, 7) is 11.6. The largest absolute Gasteiger partial charge is 0.309 e. The minimum atomic E-state index is 0.381. The van der Waals surface area contributed by atoms with Crippen LogP contribution in [0.15, 0.2) is 0 Å². The second-order valence-corrected chi connectivity index (χ2v) is 5.02. The van der Waals surface area contributed by atoms with Crippen LogP contribution in [-0.4, -0.2) is 11.6 Å². The van der Waals surface area contributed by atoms with Crippen LogP contribution in [-0.2, 0) is 0 Å². The fraction of sp³-hybridized carbons (Fsp3) is 1.00. The molecule has 72 valence electrons. The molecule has 1 fully saturated rings. The second-order valence-electron chi connectivity index (χ2n) is 5.02. The summed E-state index contributed by atoms with van der Waals surface area (Å²) in [4.78, 5) is 0. The Bertz CT molecular complexity index is 153. The van der Waals surface area contributed by atoms with E-state index < -0.39 is 0 Å². The van der Waals surface area contributed by atoms with Gasteiger partial charge in [0.15, 0.2) is 0 Å². The zero-order chi connectivity index (χ0) is 9.35. The predicted molar refractivity (Wildman–Crippen MR) is 54.2 cm³/mol. The van der Waals surface area contributed by atoms with Gasteiger partial charge < -0.3 is 5.32 Å². The number of rotatable bonds is 1. The Morgan fingerprint density at radius 2 is 1.92 bits per heavy atom. The Balaban J connectivity index is 2.60. The molecule has 1 N–H and O–H groups in total. The maximum atomic E-state index is 3.74. The number of hydrogen-bond donors (Lipinski definition) is 1. The van der Waals surface area contributed by atoms with E-state index in [1.165, 1.54) is 12.8 Å². The molecule has 0 saturated carbocycles. The molecular weight excluding hydrogens is 146 g/mol. The van der Waals surface area contributed by atoms with Gasteiger partial charge >= 0.3 is 0 Å². The summed E-state index contributed by atoms with van der Waals surface area (Å²) in [5.74, 6) is 1.59. The third-order valence-electron chi connectivity index (χ3n) is 3.80. The van der Waals surface area contributed by atoms with Crippen LogP contribution in [0.2, 0.25) is 0 Å². The summed E-state index contributed by atoms with van der Waals surface area (Å²) in [7, 11) is 0. The molecule has 1 rings (SSSR count). The zero-order valence-corrected chi connectivity index (χ0v) is 9.15. The number of piperidine rings is 1. The van der Waals surface area contributed by atoms with Crippen LogP contribution < -0.4 is 5.32 Å². The van der Waals surface area contributed by atoms with Gasteiger partial charge in [-0.3, -0.25) is 0 Å². The molecule has 1 saturated heterocycles. The van der Waals surface area contributed by atoms with Crippen molar-refractivity contribution in [1.82, 2.24) is 5.32 Å². The molecule has 3 atom stereocenters. The van der Waals surface area contributed by atoms with Crippen LogP contribution in [0.1, 0.15) is 47.5 Å². The summed E-state index contributed by atoms with van der Waals surface area (Å²) in [5.41, 5.74) is 0.381. The summed E-state index contributed by atoms with van der Waals surface area (Å²) in [5, 5.41) is 3.74. The highest BCUT2D eigenvalue weighted by Crippen LogP contribution is 2.31. The lowest BCUT2D eigenvalue weighted by atomic mass is 9.76. The molecule has 0 aromatic heterocycles. The monoisotopic (exact) mass is 169 g/mol. The summed E-state index contributed by atoms with van der Waals surface area (Å²) in [6, 6.07) is 0.686. The van der Waals surface area contributed by atoms with Crippen LogP contribution in [0.3, 0.4) is 0 Å². The van der Waals surface area contributed by atoms with E-state index in [0.29, 0.717) is 11.6 Å². The number of hydrogen-bond acceptors (Lipinski definition) is 1. The molecule has 0 aromatic rings. The normalized spacial score (nSPS) is 43.5. The summed E-state index contributed by atoms with van der Waals surface area (Å²) < 4.78 is 0. The highest BCUT2D eigenvalue weighted by Gasteiger charge is 2.35. The fourth-order valence-corrected chi connectivity index (χ4v) is 1.97. The molecule has 1 heteroatoms. The van der Waals surface area contributed by atoms with E-state index >= 15 is 0 Å². The molecule has 0 radical (unpaired) electrons. The molecule has 1 heterocycles. The summed E-state index contributed by atoms with van der Waals surface area (Å²) >= 11 is 0. The Labute approximate surface area is 76.9 Å². The maximum absolute atomic E-state index is 3.74. The predicted octanol–water partition coefficient (Wildman–Crippen LogP) is 2.81. The van der Waals surface area contributed by atoms with E-state index in [9.17, 15) is 0 Å². The van der Waals surface area contributed by atoms with Gasteiger partial charge in [-0.05, 0) is 38.5 Å². The fourth-order valence-electron chi connectivity index (χ4n) is 1.97. The smallest absolute Gasteiger partial charge is 0.0178 e. The minimum Gasteiger partial charge on any atom is -0.309 e. The lowest BCUT2D eigenvalue weighted by molar-refractivity contribution is 0.137. The average Bonchev–Trinajstić information content (AvgIpc) is 1.97. The molecule has 1 nitrogen and oxygen atoms in total. The van der Waals surface area contributed by atoms with Crippen LogP contribution in [0.25, 0.3) is 0 Å². The van der Waals surface area contributed by atoms with E-state index in [4.69, 9.17) is 0 Å².